The van der Waals surface area contributed by atoms with Crippen molar-refractivity contribution in [1.29, 1.82) is 0 Å². The van der Waals surface area contributed by atoms with Crippen molar-refractivity contribution < 1.29 is 0 Å². The van der Waals surface area contributed by atoms with Crippen LogP contribution in [0.4, 0.5) is 0 Å². The fraction of sp³-hybridized carbons (Fsp3) is 0.389. The van der Waals surface area contributed by atoms with Crippen LogP contribution in [0.1, 0.15) is 34.6 Å². The van der Waals surface area contributed by atoms with Crippen LogP contribution >= 0.6 is 23.5 Å². The molecule has 1 unspecified atom stereocenters. The standard InChI is InChI=1S/C18H21ClN2S/c1-13-4-3-9-20-18(13)14(2)22-21-10-7-15-5-6-17(19)12-16(15)8-11-21/h3-6,9,12,14H,7-8,10-11H2,1-2H3. The molecule has 116 valence electrons. The minimum absolute atomic E-state index is 0.381. The van der Waals surface area contributed by atoms with Gasteiger partial charge < -0.3 is 0 Å². The Morgan fingerprint density at radius 3 is 2.73 bits per heavy atom. The maximum Gasteiger partial charge on any atom is 0.0591 e. The van der Waals surface area contributed by atoms with E-state index < -0.39 is 0 Å². The van der Waals surface area contributed by atoms with Crippen molar-refractivity contribution in [3.63, 3.8) is 0 Å². The molecule has 22 heavy (non-hydrogen) atoms. The highest BCUT2D eigenvalue weighted by atomic mass is 35.5. The van der Waals surface area contributed by atoms with Gasteiger partial charge in [-0.05, 0) is 61.6 Å². The molecular formula is C18H21ClN2S. The predicted octanol–water partition coefficient (Wildman–Crippen LogP) is 4.85. The lowest BCUT2D eigenvalue weighted by molar-refractivity contribution is 0.490. The van der Waals surface area contributed by atoms with E-state index in [1.807, 2.05) is 30.3 Å². The van der Waals surface area contributed by atoms with Gasteiger partial charge in [-0.15, -0.1) is 0 Å². The smallest absolute Gasteiger partial charge is 0.0591 e. The molecule has 0 radical (unpaired) electrons. The first-order chi connectivity index (χ1) is 10.6. The molecule has 2 heterocycles. The number of aryl methyl sites for hydroxylation is 1. The second kappa shape index (κ2) is 7.03. The summed E-state index contributed by atoms with van der Waals surface area (Å²) in [5.74, 6) is 0. The number of fused-ring (bicyclic) bond motifs is 1. The topological polar surface area (TPSA) is 16.1 Å². The molecule has 0 saturated carbocycles. The van der Waals surface area contributed by atoms with Crippen molar-refractivity contribution in [3.8, 4) is 0 Å². The molecule has 1 aromatic carbocycles. The summed E-state index contributed by atoms with van der Waals surface area (Å²) >= 11 is 8.03. The summed E-state index contributed by atoms with van der Waals surface area (Å²) in [5.41, 5.74) is 5.30. The Balaban J connectivity index is 1.67. The molecule has 1 atom stereocenters. The van der Waals surface area contributed by atoms with Gasteiger partial charge in [-0.25, -0.2) is 4.31 Å². The van der Waals surface area contributed by atoms with Crippen molar-refractivity contribution in [2.45, 2.75) is 31.9 Å². The Kier molecular flexibility index (Phi) is 5.07. The van der Waals surface area contributed by atoms with Crippen LogP contribution in [0.25, 0.3) is 0 Å². The summed E-state index contributed by atoms with van der Waals surface area (Å²) < 4.78 is 2.48. The van der Waals surface area contributed by atoms with Crippen molar-refractivity contribution in [1.82, 2.24) is 9.29 Å². The Morgan fingerprint density at radius 2 is 1.95 bits per heavy atom. The number of benzene rings is 1. The number of hydrogen-bond donors (Lipinski definition) is 0. The van der Waals surface area contributed by atoms with Gasteiger partial charge in [0.2, 0.25) is 0 Å². The fourth-order valence-electron chi connectivity index (χ4n) is 2.98. The van der Waals surface area contributed by atoms with E-state index in [0.29, 0.717) is 5.25 Å². The minimum atomic E-state index is 0.381. The summed E-state index contributed by atoms with van der Waals surface area (Å²) in [6, 6.07) is 10.4. The number of rotatable bonds is 3. The molecule has 0 saturated heterocycles. The Hall–Kier alpha value is -1.03. The first-order valence-electron chi connectivity index (χ1n) is 7.74. The van der Waals surface area contributed by atoms with Crippen LogP contribution in [-0.4, -0.2) is 22.4 Å². The molecule has 1 aliphatic rings. The molecule has 1 aliphatic heterocycles. The molecule has 3 rings (SSSR count). The van der Waals surface area contributed by atoms with Crippen LogP contribution in [0, 0.1) is 6.92 Å². The van der Waals surface area contributed by atoms with Gasteiger partial charge in [0.15, 0.2) is 0 Å². The third kappa shape index (κ3) is 3.65. The van der Waals surface area contributed by atoms with Gasteiger partial charge in [0.25, 0.3) is 0 Å². The average molecular weight is 333 g/mol. The van der Waals surface area contributed by atoms with Gasteiger partial charge in [0.05, 0.1) is 10.9 Å². The van der Waals surface area contributed by atoms with E-state index in [1.54, 1.807) is 0 Å². The lowest BCUT2D eigenvalue weighted by Gasteiger charge is -2.23. The number of nitrogens with zero attached hydrogens (tertiary/aromatic N) is 2. The van der Waals surface area contributed by atoms with Crippen LogP contribution in [-0.2, 0) is 12.8 Å². The normalized spacial score (nSPS) is 16.9. The number of halogens is 1. The van der Waals surface area contributed by atoms with E-state index in [4.69, 9.17) is 11.6 Å². The maximum absolute atomic E-state index is 6.12. The first kappa shape index (κ1) is 15.9. The van der Waals surface area contributed by atoms with Crippen molar-refractivity contribution in [2.24, 2.45) is 0 Å². The molecule has 2 nitrogen and oxygen atoms in total. The quantitative estimate of drug-likeness (QED) is 0.747. The SMILES string of the molecule is Cc1cccnc1C(C)SN1CCc2ccc(Cl)cc2CC1. The second-order valence-electron chi connectivity index (χ2n) is 5.80. The van der Waals surface area contributed by atoms with Crippen molar-refractivity contribution in [3.05, 3.63) is 63.9 Å². The average Bonchev–Trinajstić information content (AvgIpc) is 2.70. The first-order valence-corrected chi connectivity index (χ1v) is 8.95. The zero-order valence-electron chi connectivity index (χ0n) is 13.1. The lowest BCUT2D eigenvalue weighted by Crippen LogP contribution is -2.20. The fourth-order valence-corrected chi connectivity index (χ4v) is 4.36. The third-order valence-corrected chi connectivity index (χ3v) is 5.61. The monoisotopic (exact) mass is 332 g/mol. The molecule has 0 amide bonds. The van der Waals surface area contributed by atoms with Crippen LogP contribution < -0.4 is 0 Å². The van der Waals surface area contributed by atoms with E-state index in [9.17, 15) is 0 Å². The summed E-state index contributed by atoms with van der Waals surface area (Å²) in [6.45, 7) is 6.53. The highest BCUT2D eigenvalue weighted by molar-refractivity contribution is 7.97. The van der Waals surface area contributed by atoms with Crippen molar-refractivity contribution >= 4 is 23.5 Å². The van der Waals surface area contributed by atoms with E-state index in [0.717, 1.165) is 31.0 Å². The zero-order chi connectivity index (χ0) is 15.5. The molecule has 0 N–H and O–H groups in total. The summed E-state index contributed by atoms with van der Waals surface area (Å²) in [4.78, 5) is 4.55. The molecule has 0 spiro atoms. The Bertz CT molecular complexity index is 659. The van der Waals surface area contributed by atoms with Crippen LogP contribution in [0.15, 0.2) is 36.5 Å². The van der Waals surface area contributed by atoms with Crippen molar-refractivity contribution in [2.75, 3.05) is 13.1 Å². The van der Waals surface area contributed by atoms with Gasteiger partial charge >= 0.3 is 0 Å². The highest BCUT2D eigenvalue weighted by Gasteiger charge is 2.19. The van der Waals surface area contributed by atoms with E-state index in [2.05, 4.69) is 41.3 Å². The van der Waals surface area contributed by atoms with E-state index in [1.165, 1.54) is 22.4 Å². The maximum atomic E-state index is 6.12. The number of pyridine rings is 1. The summed E-state index contributed by atoms with van der Waals surface area (Å²) in [7, 11) is 0. The summed E-state index contributed by atoms with van der Waals surface area (Å²) in [6.07, 6.45) is 4.05. The van der Waals surface area contributed by atoms with Gasteiger partial charge in [0, 0.05) is 24.3 Å². The van der Waals surface area contributed by atoms with Gasteiger partial charge in [-0.3, -0.25) is 4.98 Å². The van der Waals surface area contributed by atoms with E-state index in [-0.39, 0.29) is 0 Å². The van der Waals surface area contributed by atoms with Gasteiger partial charge in [-0.2, -0.15) is 0 Å². The predicted molar refractivity (Wildman–Crippen MR) is 95.4 cm³/mol. The number of hydrogen-bond acceptors (Lipinski definition) is 3. The van der Waals surface area contributed by atoms with Gasteiger partial charge in [-0.1, -0.05) is 35.7 Å². The number of aromatic nitrogens is 1. The van der Waals surface area contributed by atoms with Crippen LogP contribution in [0.5, 0.6) is 0 Å². The molecule has 0 bridgehead atoms. The third-order valence-electron chi connectivity index (χ3n) is 4.17. The van der Waals surface area contributed by atoms with Crippen LogP contribution in [0.3, 0.4) is 0 Å². The lowest BCUT2D eigenvalue weighted by atomic mass is 10.0. The molecule has 1 aromatic heterocycles. The largest absolute Gasteiger partial charge is 0.260 e. The Labute approximate surface area is 142 Å². The highest BCUT2D eigenvalue weighted by Crippen LogP contribution is 2.33. The van der Waals surface area contributed by atoms with Gasteiger partial charge in [0.1, 0.15) is 0 Å². The molecule has 2 aromatic rings. The summed E-state index contributed by atoms with van der Waals surface area (Å²) in [5, 5.41) is 1.23. The zero-order valence-corrected chi connectivity index (χ0v) is 14.6. The Morgan fingerprint density at radius 1 is 1.18 bits per heavy atom. The van der Waals surface area contributed by atoms with E-state index >= 15 is 0 Å². The minimum Gasteiger partial charge on any atom is -0.260 e. The second-order valence-corrected chi connectivity index (χ2v) is 7.67. The molecule has 0 aliphatic carbocycles. The molecular weight excluding hydrogens is 312 g/mol. The molecule has 4 heteroatoms. The van der Waals surface area contributed by atoms with Crippen LogP contribution in [0.2, 0.25) is 5.02 Å². The molecule has 0 fully saturated rings.